The number of hydrogen-bond acceptors (Lipinski definition) is 2. The van der Waals surface area contributed by atoms with Crippen molar-refractivity contribution in [3.8, 4) is 0 Å². The highest BCUT2D eigenvalue weighted by Crippen LogP contribution is 2.08. The third-order valence-electron chi connectivity index (χ3n) is 1.99. The van der Waals surface area contributed by atoms with E-state index in [1.807, 2.05) is 22.9 Å². The second-order valence-electron chi connectivity index (χ2n) is 3.75. The second-order valence-corrected chi connectivity index (χ2v) is 4.53. The summed E-state index contributed by atoms with van der Waals surface area (Å²) in [4.78, 5) is 11.5. The maximum atomic E-state index is 11.5. The molecule has 0 unspecified atom stereocenters. The zero-order valence-electron chi connectivity index (χ0n) is 8.69. The molecule has 0 atom stereocenters. The Bertz CT molecular complexity index is 296. The standard InChI is InChI=1S/C12H16OS/c1-10(2)5-3-4-6-12(13)11-7-8-14-9-11/h4,6-10H,3,5H2,1-2H3. The summed E-state index contributed by atoms with van der Waals surface area (Å²) in [6, 6.07) is 1.86. The lowest BCUT2D eigenvalue weighted by atomic mass is 10.1. The topological polar surface area (TPSA) is 17.1 Å². The van der Waals surface area contributed by atoms with Crippen molar-refractivity contribution in [1.29, 1.82) is 0 Å². The number of ketones is 1. The first-order valence-corrected chi connectivity index (χ1v) is 5.87. The molecule has 0 saturated carbocycles. The normalized spacial score (nSPS) is 11.4. The Kier molecular flexibility index (Phi) is 4.60. The Hall–Kier alpha value is -0.890. The zero-order valence-corrected chi connectivity index (χ0v) is 9.51. The van der Waals surface area contributed by atoms with Gasteiger partial charge in [-0.05, 0) is 36.3 Å². The van der Waals surface area contributed by atoms with Crippen molar-refractivity contribution in [3.05, 3.63) is 34.5 Å². The Balaban J connectivity index is 2.34. The molecule has 0 radical (unpaired) electrons. The van der Waals surface area contributed by atoms with Gasteiger partial charge in [0.05, 0.1) is 0 Å². The molecule has 0 saturated heterocycles. The van der Waals surface area contributed by atoms with Crippen LogP contribution < -0.4 is 0 Å². The Morgan fingerprint density at radius 3 is 2.93 bits per heavy atom. The molecule has 14 heavy (non-hydrogen) atoms. The van der Waals surface area contributed by atoms with Crippen LogP contribution >= 0.6 is 11.3 Å². The van der Waals surface area contributed by atoms with Crippen LogP contribution in [-0.2, 0) is 0 Å². The van der Waals surface area contributed by atoms with Gasteiger partial charge in [0.2, 0.25) is 0 Å². The summed E-state index contributed by atoms with van der Waals surface area (Å²) in [5.41, 5.74) is 0.802. The highest BCUT2D eigenvalue weighted by atomic mass is 32.1. The Labute approximate surface area is 89.5 Å². The van der Waals surface area contributed by atoms with E-state index in [9.17, 15) is 4.79 Å². The van der Waals surface area contributed by atoms with Crippen molar-refractivity contribution in [2.45, 2.75) is 26.7 Å². The molecule has 2 heteroatoms. The Morgan fingerprint density at radius 2 is 2.36 bits per heavy atom. The third kappa shape index (κ3) is 3.88. The van der Waals surface area contributed by atoms with E-state index in [0.29, 0.717) is 5.92 Å². The van der Waals surface area contributed by atoms with Crippen LogP contribution in [0.15, 0.2) is 29.0 Å². The highest BCUT2D eigenvalue weighted by Gasteiger charge is 2.00. The van der Waals surface area contributed by atoms with Crippen molar-refractivity contribution in [1.82, 2.24) is 0 Å². The molecule has 0 amide bonds. The molecule has 0 bridgehead atoms. The number of allylic oxidation sites excluding steroid dienone is 2. The molecule has 1 nitrogen and oxygen atoms in total. The average Bonchev–Trinajstić information content (AvgIpc) is 2.64. The van der Waals surface area contributed by atoms with Crippen LogP contribution in [0.4, 0.5) is 0 Å². The second kappa shape index (κ2) is 5.76. The van der Waals surface area contributed by atoms with E-state index < -0.39 is 0 Å². The van der Waals surface area contributed by atoms with Gasteiger partial charge in [-0.25, -0.2) is 0 Å². The summed E-state index contributed by atoms with van der Waals surface area (Å²) in [5.74, 6) is 0.825. The zero-order chi connectivity index (χ0) is 10.4. The molecule has 1 rings (SSSR count). The van der Waals surface area contributed by atoms with Crippen molar-refractivity contribution < 1.29 is 4.79 Å². The Morgan fingerprint density at radius 1 is 1.57 bits per heavy atom. The highest BCUT2D eigenvalue weighted by molar-refractivity contribution is 7.08. The summed E-state index contributed by atoms with van der Waals surface area (Å²) in [6.07, 6.45) is 5.80. The van der Waals surface area contributed by atoms with E-state index in [0.717, 1.165) is 18.4 Å². The van der Waals surface area contributed by atoms with Gasteiger partial charge in [0.1, 0.15) is 0 Å². The van der Waals surface area contributed by atoms with E-state index in [4.69, 9.17) is 0 Å². The van der Waals surface area contributed by atoms with E-state index in [1.54, 1.807) is 17.4 Å². The minimum Gasteiger partial charge on any atom is -0.289 e. The lowest BCUT2D eigenvalue weighted by Crippen LogP contribution is -1.91. The molecule has 0 spiro atoms. The predicted octanol–water partition coefficient (Wildman–Crippen LogP) is 3.92. The van der Waals surface area contributed by atoms with Crippen LogP contribution in [0.2, 0.25) is 0 Å². The molecule has 0 aliphatic rings. The van der Waals surface area contributed by atoms with Crippen molar-refractivity contribution >= 4 is 17.1 Å². The van der Waals surface area contributed by atoms with Gasteiger partial charge < -0.3 is 0 Å². The fourth-order valence-electron chi connectivity index (χ4n) is 1.12. The van der Waals surface area contributed by atoms with E-state index in [1.165, 1.54) is 0 Å². The largest absolute Gasteiger partial charge is 0.289 e. The van der Waals surface area contributed by atoms with Gasteiger partial charge >= 0.3 is 0 Å². The van der Waals surface area contributed by atoms with E-state index >= 15 is 0 Å². The molecule has 0 aliphatic carbocycles. The monoisotopic (exact) mass is 208 g/mol. The number of hydrogen-bond donors (Lipinski definition) is 0. The van der Waals surface area contributed by atoms with Gasteiger partial charge in [0.15, 0.2) is 5.78 Å². The molecular weight excluding hydrogens is 192 g/mol. The molecule has 1 heterocycles. The lowest BCUT2D eigenvalue weighted by molar-refractivity contribution is 0.104. The number of thiophene rings is 1. The van der Waals surface area contributed by atoms with Gasteiger partial charge in [-0.3, -0.25) is 4.79 Å². The quantitative estimate of drug-likeness (QED) is 0.529. The van der Waals surface area contributed by atoms with Crippen molar-refractivity contribution in [2.75, 3.05) is 0 Å². The molecule has 0 fully saturated rings. The van der Waals surface area contributed by atoms with Crippen LogP contribution in [0.3, 0.4) is 0 Å². The molecule has 1 aromatic heterocycles. The summed E-state index contributed by atoms with van der Waals surface area (Å²) < 4.78 is 0. The maximum Gasteiger partial charge on any atom is 0.186 e. The minimum atomic E-state index is 0.120. The summed E-state index contributed by atoms with van der Waals surface area (Å²) >= 11 is 1.56. The van der Waals surface area contributed by atoms with E-state index in [-0.39, 0.29) is 5.78 Å². The summed E-state index contributed by atoms with van der Waals surface area (Å²) in [7, 11) is 0. The maximum absolute atomic E-state index is 11.5. The fraction of sp³-hybridized carbons (Fsp3) is 0.417. The summed E-state index contributed by atoms with van der Waals surface area (Å²) in [5, 5.41) is 3.81. The first-order valence-electron chi connectivity index (χ1n) is 4.93. The number of carbonyl (C=O) groups excluding carboxylic acids is 1. The van der Waals surface area contributed by atoms with Crippen LogP contribution in [0, 0.1) is 5.92 Å². The minimum absolute atomic E-state index is 0.120. The SMILES string of the molecule is CC(C)CCC=CC(=O)c1ccsc1. The molecule has 0 N–H and O–H groups in total. The predicted molar refractivity (Wildman–Crippen MR) is 61.9 cm³/mol. The first-order chi connectivity index (χ1) is 6.70. The molecule has 0 aromatic carbocycles. The summed E-state index contributed by atoms with van der Waals surface area (Å²) in [6.45, 7) is 4.38. The van der Waals surface area contributed by atoms with Gasteiger partial charge in [-0.15, -0.1) is 0 Å². The number of rotatable bonds is 5. The number of carbonyl (C=O) groups is 1. The smallest absolute Gasteiger partial charge is 0.186 e. The van der Waals surface area contributed by atoms with Crippen molar-refractivity contribution in [3.63, 3.8) is 0 Å². The van der Waals surface area contributed by atoms with Gasteiger partial charge in [0, 0.05) is 10.9 Å². The molecule has 0 aliphatic heterocycles. The van der Waals surface area contributed by atoms with Gasteiger partial charge in [-0.1, -0.05) is 19.9 Å². The van der Waals surface area contributed by atoms with Crippen LogP contribution in [-0.4, -0.2) is 5.78 Å². The van der Waals surface area contributed by atoms with Gasteiger partial charge in [-0.2, -0.15) is 11.3 Å². The van der Waals surface area contributed by atoms with Crippen LogP contribution in [0.25, 0.3) is 0 Å². The lowest BCUT2D eigenvalue weighted by Gasteiger charge is -1.98. The third-order valence-corrected chi connectivity index (χ3v) is 2.67. The molecular formula is C12H16OS. The average molecular weight is 208 g/mol. The first kappa shape index (κ1) is 11.2. The van der Waals surface area contributed by atoms with Gasteiger partial charge in [0.25, 0.3) is 0 Å². The fourth-order valence-corrected chi connectivity index (χ4v) is 1.77. The molecule has 76 valence electrons. The van der Waals surface area contributed by atoms with Crippen LogP contribution in [0.5, 0.6) is 0 Å². The molecule has 1 aromatic rings. The van der Waals surface area contributed by atoms with Crippen molar-refractivity contribution in [2.24, 2.45) is 5.92 Å². The van der Waals surface area contributed by atoms with E-state index in [2.05, 4.69) is 13.8 Å². The van der Waals surface area contributed by atoms with Crippen LogP contribution in [0.1, 0.15) is 37.0 Å².